The van der Waals surface area contributed by atoms with Crippen molar-refractivity contribution in [1.29, 1.82) is 0 Å². The van der Waals surface area contributed by atoms with Crippen LogP contribution in [0.5, 0.6) is 0 Å². The second-order valence-electron chi connectivity index (χ2n) is 7.57. The Bertz CT molecular complexity index is 653. The van der Waals surface area contributed by atoms with E-state index in [0.29, 0.717) is 25.1 Å². The van der Waals surface area contributed by atoms with Gasteiger partial charge in [0.2, 0.25) is 0 Å². The third-order valence-electron chi connectivity index (χ3n) is 5.63. The highest BCUT2D eigenvalue weighted by atomic mass is 16.4. The summed E-state index contributed by atoms with van der Waals surface area (Å²) in [5.74, 6) is -0.682. The molecule has 1 aromatic rings. The number of hydrogen-bond acceptors (Lipinski definition) is 4. The van der Waals surface area contributed by atoms with Crippen molar-refractivity contribution >= 4 is 11.9 Å². The zero-order valence-corrected chi connectivity index (χ0v) is 15.1. The number of nitrogens with zero attached hydrogens (tertiary/aromatic N) is 3. The van der Waals surface area contributed by atoms with E-state index >= 15 is 0 Å². The minimum absolute atomic E-state index is 0.0317. The number of pyridine rings is 1. The molecule has 136 valence electrons. The van der Waals surface area contributed by atoms with Crippen LogP contribution in [-0.2, 0) is 4.79 Å². The van der Waals surface area contributed by atoms with Crippen LogP contribution < -0.4 is 0 Å². The van der Waals surface area contributed by atoms with Crippen LogP contribution in [0, 0.1) is 12.3 Å². The lowest BCUT2D eigenvalue weighted by Gasteiger charge is -2.39. The molecule has 1 aromatic heterocycles. The normalized spacial score (nSPS) is 23.1. The molecule has 25 heavy (non-hydrogen) atoms. The van der Waals surface area contributed by atoms with Crippen molar-refractivity contribution in [3.05, 3.63) is 29.6 Å². The van der Waals surface area contributed by atoms with E-state index in [1.165, 1.54) is 0 Å². The van der Waals surface area contributed by atoms with Crippen LogP contribution in [0.2, 0.25) is 0 Å². The van der Waals surface area contributed by atoms with Crippen LogP contribution in [0.1, 0.15) is 48.5 Å². The second kappa shape index (κ2) is 7.12. The Balaban J connectivity index is 1.65. The van der Waals surface area contributed by atoms with Crippen molar-refractivity contribution in [2.75, 3.05) is 26.2 Å². The molecule has 1 atom stereocenters. The molecule has 3 heterocycles. The Morgan fingerprint density at radius 1 is 1.32 bits per heavy atom. The van der Waals surface area contributed by atoms with Crippen molar-refractivity contribution in [2.45, 2.75) is 45.6 Å². The Labute approximate surface area is 148 Å². The lowest BCUT2D eigenvalue weighted by Crippen LogP contribution is -2.44. The van der Waals surface area contributed by atoms with E-state index in [9.17, 15) is 14.7 Å². The van der Waals surface area contributed by atoms with Gasteiger partial charge in [0.1, 0.15) is 6.04 Å². The van der Waals surface area contributed by atoms with Crippen LogP contribution in [-0.4, -0.2) is 64.0 Å². The van der Waals surface area contributed by atoms with Crippen LogP contribution in [0.25, 0.3) is 0 Å². The van der Waals surface area contributed by atoms with E-state index in [1.54, 1.807) is 12.4 Å². The zero-order valence-electron chi connectivity index (χ0n) is 15.1. The molecular formula is C19H27N3O3. The molecule has 2 saturated heterocycles. The van der Waals surface area contributed by atoms with Gasteiger partial charge in [0.25, 0.3) is 5.91 Å². The molecule has 6 heteroatoms. The van der Waals surface area contributed by atoms with Crippen molar-refractivity contribution in [3.8, 4) is 0 Å². The number of aliphatic carboxylic acids is 1. The molecule has 3 rings (SSSR count). The third kappa shape index (κ3) is 3.68. The molecule has 1 N–H and O–H groups in total. The van der Waals surface area contributed by atoms with Gasteiger partial charge in [-0.05, 0) is 56.2 Å². The molecule has 1 amide bonds. The van der Waals surface area contributed by atoms with E-state index in [1.807, 2.05) is 17.9 Å². The summed E-state index contributed by atoms with van der Waals surface area (Å²) >= 11 is 0. The predicted molar refractivity (Wildman–Crippen MR) is 94.4 cm³/mol. The average molecular weight is 345 g/mol. The first kappa shape index (κ1) is 17.9. The van der Waals surface area contributed by atoms with Crippen molar-refractivity contribution in [1.82, 2.24) is 14.8 Å². The SMILES string of the molecule is CCCN1CC2(CCN(C(=O)c3cncc(C)c3)CC2)CC1C(=O)O. The van der Waals surface area contributed by atoms with E-state index in [-0.39, 0.29) is 17.4 Å². The largest absolute Gasteiger partial charge is 0.480 e. The maximum absolute atomic E-state index is 12.7. The fourth-order valence-corrected chi connectivity index (χ4v) is 4.31. The Morgan fingerprint density at radius 2 is 2.04 bits per heavy atom. The molecular weight excluding hydrogens is 318 g/mol. The summed E-state index contributed by atoms with van der Waals surface area (Å²) in [4.78, 5) is 32.4. The molecule has 0 radical (unpaired) electrons. The number of rotatable bonds is 4. The van der Waals surface area contributed by atoms with Crippen molar-refractivity contribution in [2.24, 2.45) is 5.41 Å². The molecule has 0 saturated carbocycles. The number of piperidine rings is 1. The summed E-state index contributed by atoms with van der Waals surface area (Å²) in [5, 5.41) is 9.53. The number of aromatic nitrogens is 1. The smallest absolute Gasteiger partial charge is 0.320 e. The van der Waals surface area contributed by atoms with Gasteiger partial charge in [-0.2, -0.15) is 0 Å². The number of carbonyl (C=O) groups excluding carboxylic acids is 1. The maximum atomic E-state index is 12.7. The molecule has 0 aromatic carbocycles. The minimum Gasteiger partial charge on any atom is -0.480 e. The average Bonchev–Trinajstić information content (AvgIpc) is 2.94. The van der Waals surface area contributed by atoms with Crippen LogP contribution >= 0.6 is 0 Å². The van der Waals surface area contributed by atoms with Crippen LogP contribution in [0.15, 0.2) is 18.5 Å². The van der Waals surface area contributed by atoms with E-state index < -0.39 is 5.97 Å². The van der Waals surface area contributed by atoms with Gasteiger partial charge in [-0.25, -0.2) is 0 Å². The fourth-order valence-electron chi connectivity index (χ4n) is 4.31. The highest BCUT2D eigenvalue weighted by Crippen LogP contribution is 2.43. The van der Waals surface area contributed by atoms with Crippen LogP contribution in [0.3, 0.4) is 0 Å². The maximum Gasteiger partial charge on any atom is 0.320 e. The fraction of sp³-hybridized carbons (Fsp3) is 0.632. The van der Waals surface area contributed by atoms with Crippen molar-refractivity contribution < 1.29 is 14.7 Å². The highest BCUT2D eigenvalue weighted by Gasteiger charge is 2.48. The summed E-state index contributed by atoms with van der Waals surface area (Å²) < 4.78 is 0. The molecule has 0 bridgehead atoms. The predicted octanol–water partition coefficient (Wildman–Crippen LogP) is 2.18. The van der Waals surface area contributed by atoms with Gasteiger partial charge in [-0.3, -0.25) is 19.5 Å². The standard InChI is InChI=1S/C19H27N3O3/c1-3-6-22-13-19(10-16(22)18(24)25)4-7-21(8-5-19)17(23)15-9-14(2)11-20-12-15/h9,11-12,16H,3-8,10,13H2,1-2H3,(H,24,25). The number of amides is 1. The summed E-state index contributed by atoms with van der Waals surface area (Å²) in [6.07, 6.45) is 6.79. The number of aryl methyl sites for hydroxylation is 1. The summed E-state index contributed by atoms with van der Waals surface area (Å²) in [5.41, 5.74) is 1.66. The second-order valence-corrected chi connectivity index (χ2v) is 7.57. The molecule has 2 aliphatic rings. The number of carbonyl (C=O) groups is 2. The monoisotopic (exact) mass is 345 g/mol. The third-order valence-corrected chi connectivity index (χ3v) is 5.63. The first-order chi connectivity index (χ1) is 11.9. The highest BCUT2D eigenvalue weighted by molar-refractivity contribution is 5.94. The van der Waals surface area contributed by atoms with Gasteiger partial charge in [0, 0.05) is 32.0 Å². The Morgan fingerprint density at radius 3 is 2.64 bits per heavy atom. The van der Waals surface area contributed by atoms with Crippen molar-refractivity contribution in [3.63, 3.8) is 0 Å². The Hall–Kier alpha value is -1.95. The molecule has 6 nitrogen and oxygen atoms in total. The molecule has 1 spiro atoms. The van der Waals surface area contributed by atoms with E-state index in [4.69, 9.17) is 0 Å². The lowest BCUT2D eigenvalue weighted by molar-refractivity contribution is -0.142. The number of hydrogen-bond donors (Lipinski definition) is 1. The zero-order chi connectivity index (χ0) is 18.0. The molecule has 0 aliphatic carbocycles. The molecule has 2 aliphatic heterocycles. The summed E-state index contributed by atoms with van der Waals surface area (Å²) in [6.45, 7) is 7.07. The van der Waals surface area contributed by atoms with Gasteiger partial charge in [-0.1, -0.05) is 6.92 Å². The number of likely N-dealkylation sites (tertiary alicyclic amines) is 2. The van der Waals surface area contributed by atoms with Gasteiger partial charge in [0.05, 0.1) is 5.56 Å². The first-order valence-corrected chi connectivity index (χ1v) is 9.12. The van der Waals surface area contributed by atoms with Gasteiger partial charge >= 0.3 is 5.97 Å². The minimum atomic E-state index is -0.713. The summed E-state index contributed by atoms with van der Waals surface area (Å²) in [7, 11) is 0. The van der Waals surface area contributed by atoms with Gasteiger partial charge < -0.3 is 10.0 Å². The lowest BCUT2D eigenvalue weighted by atomic mass is 9.76. The van der Waals surface area contributed by atoms with Gasteiger partial charge in [-0.15, -0.1) is 0 Å². The van der Waals surface area contributed by atoms with E-state index in [0.717, 1.165) is 37.9 Å². The molecule has 2 fully saturated rings. The Kier molecular flexibility index (Phi) is 5.08. The van der Waals surface area contributed by atoms with E-state index in [2.05, 4.69) is 16.8 Å². The van der Waals surface area contributed by atoms with Gasteiger partial charge in [0.15, 0.2) is 0 Å². The quantitative estimate of drug-likeness (QED) is 0.905. The topological polar surface area (TPSA) is 73.7 Å². The summed E-state index contributed by atoms with van der Waals surface area (Å²) in [6, 6.07) is 1.50. The molecule has 1 unspecified atom stereocenters. The van der Waals surface area contributed by atoms with Crippen LogP contribution in [0.4, 0.5) is 0 Å². The first-order valence-electron chi connectivity index (χ1n) is 9.12. The number of carboxylic acids is 1. The number of carboxylic acid groups (broad SMARTS) is 1.